The summed E-state index contributed by atoms with van der Waals surface area (Å²) in [6, 6.07) is 13.1. The smallest absolute Gasteiger partial charge is 0.267 e. The molecule has 0 aliphatic carbocycles. The van der Waals surface area contributed by atoms with E-state index in [1.807, 2.05) is 49.4 Å². The van der Waals surface area contributed by atoms with Gasteiger partial charge in [-0.05, 0) is 59.6 Å². The minimum Gasteiger partial charge on any atom is -0.479 e. The number of halogens is 1. The van der Waals surface area contributed by atoms with Crippen LogP contribution < -0.4 is 15.0 Å². The summed E-state index contributed by atoms with van der Waals surface area (Å²) >= 11 is 3.45. The van der Waals surface area contributed by atoms with Crippen molar-refractivity contribution in [3.63, 3.8) is 0 Å². The Bertz CT molecular complexity index is 822. The third kappa shape index (κ3) is 3.85. The van der Waals surface area contributed by atoms with Crippen molar-refractivity contribution in [2.24, 2.45) is 0 Å². The molecule has 2 aromatic rings. The highest BCUT2D eigenvalue weighted by Gasteiger charge is 2.31. The number of fused-ring (bicyclic) bond motifs is 1. The highest BCUT2D eigenvalue weighted by Crippen LogP contribution is 2.33. The lowest BCUT2D eigenvalue weighted by atomic mass is 10.1. The second kappa shape index (κ2) is 7.27. The van der Waals surface area contributed by atoms with Crippen molar-refractivity contribution in [3.05, 3.63) is 52.5 Å². The van der Waals surface area contributed by atoms with Crippen LogP contribution in [0.4, 0.5) is 11.4 Å². The molecule has 2 aromatic carbocycles. The third-order valence-electron chi connectivity index (χ3n) is 4.03. The molecule has 0 saturated heterocycles. The Labute approximate surface area is 155 Å². The Morgan fingerprint density at radius 1 is 1.28 bits per heavy atom. The van der Waals surface area contributed by atoms with Gasteiger partial charge in [-0.2, -0.15) is 0 Å². The lowest BCUT2D eigenvalue weighted by molar-refractivity contribution is -0.125. The van der Waals surface area contributed by atoms with Gasteiger partial charge in [0.25, 0.3) is 5.91 Å². The van der Waals surface area contributed by atoms with Crippen LogP contribution >= 0.6 is 15.9 Å². The molecule has 130 valence electrons. The molecule has 25 heavy (non-hydrogen) atoms. The summed E-state index contributed by atoms with van der Waals surface area (Å²) in [5.74, 6) is 0.383. The largest absolute Gasteiger partial charge is 0.479 e. The SMILES string of the molecule is Cc1ccc(NC(=O)CCN2C(=O)C(C)Oc3ccccc32)c(Br)c1. The van der Waals surface area contributed by atoms with Crippen molar-refractivity contribution in [1.82, 2.24) is 0 Å². The van der Waals surface area contributed by atoms with Crippen LogP contribution in [0.5, 0.6) is 5.75 Å². The van der Waals surface area contributed by atoms with Gasteiger partial charge in [0.1, 0.15) is 5.75 Å². The van der Waals surface area contributed by atoms with E-state index in [1.165, 1.54) is 0 Å². The van der Waals surface area contributed by atoms with Crippen molar-refractivity contribution in [2.75, 3.05) is 16.8 Å². The maximum Gasteiger partial charge on any atom is 0.267 e. The number of hydrogen-bond acceptors (Lipinski definition) is 3. The number of para-hydroxylation sites is 2. The summed E-state index contributed by atoms with van der Waals surface area (Å²) in [7, 11) is 0. The second-order valence-electron chi connectivity index (χ2n) is 6.00. The maximum absolute atomic E-state index is 12.4. The fourth-order valence-electron chi connectivity index (χ4n) is 2.74. The number of nitrogens with zero attached hydrogens (tertiary/aromatic N) is 1. The first-order chi connectivity index (χ1) is 12.0. The van der Waals surface area contributed by atoms with Gasteiger partial charge in [0.15, 0.2) is 6.10 Å². The zero-order valence-corrected chi connectivity index (χ0v) is 15.7. The quantitative estimate of drug-likeness (QED) is 0.843. The number of anilines is 2. The van der Waals surface area contributed by atoms with Crippen molar-refractivity contribution in [1.29, 1.82) is 0 Å². The van der Waals surface area contributed by atoms with Crippen LogP contribution in [-0.2, 0) is 9.59 Å². The second-order valence-corrected chi connectivity index (χ2v) is 6.85. The Morgan fingerprint density at radius 3 is 2.80 bits per heavy atom. The van der Waals surface area contributed by atoms with E-state index in [2.05, 4.69) is 21.2 Å². The van der Waals surface area contributed by atoms with Crippen molar-refractivity contribution in [2.45, 2.75) is 26.4 Å². The van der Waals surface area contributed by atoms with Crippen LogP contribution in [0.15, 0.2) is 46.9 Å². The van der Waals surface area contributed by atoms with E-state index in [4.69, 9.17) is 4.74 Å². The molecule has 6 heteroatoms. The highest BCUT2D eigenvalue weighted by molar-refractivity contribution is 9.10. The van der Waals surface area contributed by atoms with Gasteiger partial charge in [0.05, 0.1) is 11.4 Å². The molecule has 0 radical (unpaired) electrons. The fourth-order valence-corrected chi connectivity index (χ4v) is 3.33. The van der Waals surface area contributed by atoms with E-state index in [-0.39, 0.29) is 18.2 Å². The van der Waals surface area contributed by atoms with Crippen molar-refractivity contribution < 1.29 is 14.3 Å². The molecule has 1 heterocycles. The monoisotopic (exact) mass is 402 g/mol. The predicted molar refractivity (Wildman–Crippen MR) is 101 cm³/mol. The van der Waals surface area contributed by atoms with Gasteiger partial charge in [-0.1, -0.05) is 18.2 Å². The summed E-state index contributed by atoms with van der Waals surface area (Å²) in [5.41, 5.74) is 2.53. The molecule has 5 nitrogen and oxygen atoms in total. The number of amides is 2. The number of ether oxygens (including phenoxy) is 1. The number of carbonyl (C=O) groups excluding carboxylic acids is 2. The third-order valence-corrected chi connectivity index (χ3v) is 4.69. The highest BCUT2D eigenvalue weighted by atomic mass is 79.9. The van der Waals surface area contributed by atoms with Crippen LogP contribution in [0.2, 0.25) is 0 Å². The summed E-state index contributed by atoms with van der Waals surface area (Å²) in [4.78, 5) is 26.3. The van der Waals surface area contributed by atoms with Crippen molar-refractivity contribution >= 4 is 39.1 Å². The Balaban J connectivity index is 1.68. The molecule has 1 atom stereocenters. The number of rotatable bonds is 4. The summed E-state index contributed by atoms with van der Waals surface area (Å²) in [5, 5.41) is 2.87. The standard InChI is InChI=1S/C19H19BrN2O3/c1-12-7-8-15(14(20)11-12)21-18(23)9-10-22-16-5-3-4-6-17(16)25-13(2)19(22)24/h3-8,11,13H,9-10H2,1-2H3,(H,21,23). The Kier molecular flexibility index (Phi) is 5.08. The fraction of sp³-hybridized carbons (Fsp3) is 0.263. The molecule has 0 fully saturated rings. The zero-order chi connectivity index (χ0) is 18.0. The van der Waals surface area contributed by atoms with Gasteiger partial charge < -0.3 is 15.0 Å². The number of benzene rings is 2. The minimum absolute atomic E-state index is 0.136. The van der Waals surface area contributed by atoms with E-state index in [9.17, 15) is 9.59 Å². The normalized spacial score (nSPS) is 16.2. The van der Waals surface area contributed by atoms with Gasteiger partial charge in [-0.25, -0.2) is 0 Å². The van der Waals surface area contributed by atoms with E-state index >= 15 is 0 Å². The van der Waals surface area contributed by atoms with Gasteiger partial charge in [-0.3, -0.25) is 9.59 Å². The molecule has 1 aliphatic heterocycles. The molecule has 3 rings (SSSR count). The molecule has 0 aromatic heterocycles. The van der Waals surface area contributed by atoms with E-state index in [0.29, 0.717) is 18.0 Å². The number of hydrogen-bond donors (Lipinski definition) is 1. The molecule has 1 N–H and O–H groups in total. The molecule has 1 unspecified atom stereocenters. The molecular formula is C19H19BrN2O3. The lowest BCUT2D eigenvalue weighted by Crippen LogP contribution is -2.45. The topological polar surface area (TPSA) is 58.6 Å². The summed E-state index contributed by atoms with van der Waals surface area (Å²) < 4.78 is 6.44. The number of aryl methyl sites for hydroxylation is 1. The predicted octanol–water partition coefficient (Wildman–Crippen LogP) is 3.90. The van der Waals surface area contributed by atoms with Gasteiger partial charge >= 0.3 is 0 Å². The van der Waals surface area contributed by atoms with E-state index < -0.39 is 6.10 Å². The summed E-state index contributed by atoms with van der Waals surface area (Å²) in [6.07, 6.45) is -0.350. The van der Waals surface area contributed by atoms with Crippen LogP contribution in [0.1, 0.15) is 18.9 Å². The number of nitrogens with one attached hydrogen (secondary N) is 1. The molecule has 0 saturated carbocycles. The van der Waals surface area contributed by atoms with E-state index in [0.717, 1.165) is 15.7 Å². The van der Waals surface area contributed by atoms with Crippen molar-refractivity contribution in [3.8, 4) is 5.75 Å². The molecule has 1 aliphatic rings. The first-order valence-electron chi connectivity index (χ1n) is 8.09. The molecule has 0 bridgehead atoms. The average molecular weight is 403 g/mol. The Hall–Kier alpha value is -2.34. The molecule has 2 amide bonds. The van der Waals surface area contributed by atoms with E-state index in [1.54, 1.807) is 11.8 Å². The van der Waals surface area contributed by atoms with Crippen LogP contribution in [0, 0.1) is 6.92 Å². The van der Waals surface area contributed by atoms with Crippen LogP contribution in [0.25, 0.3) is 0 Å². The molecule has 0 spiro atoms. The molecular weight excluding hydrogens is 384 g/mol. The van der Waals surface area contributed by atoms with Gasteiger partial charge in [0.2, 0.25) is 5.91 Å². The van der Waals surface area contributed by atoms with Gasteiger partial charge in [-0.15, -0.1) is 0 Å². The lowest BCUT2D eigenvalue weighted by Gasteiger charge is -2.32. The van der Waals surface area contributed by atoms with Crippen LogP contribution in [0.3, 0.4) is 0 Å². The summed E-state index contributed by atoms with van der Waals surface area (Å²) in [6.45, 7) is 4.01. The minimum atomic E-state index is -0.552. The zero-order valence-electron chi connectivity index (χ0n) is 14.1. The maximum atomic E-state index is 12.4. The van der Waals surface area contributed by atoms with Gasteiger partial charge in [0, 0.05) is 17.4 Å². The Morgan fingerprint density at radius 2 is 2.04 bits per heavy atom. The number of carbonyl (C=O) groups is 2. The first-order valence-corrected chi connectivity index (χ1v) is 8.88. The average Bonchev–Trinajstić information content (AvgIpc) is 2.58. The first kappa shape index (κ1) is 17.5. The van der Waals surface area contributed by atoms with Crippen LogP contribution in [-0.4, -0.2) is 24.5 Å².